The summed E-state index contributed by atoms with van der Waals surface area (Å²) >= 11 is 5.43. The Kier molecular flexibility index (Phi) is 4.61. The second-order valence-corrected chi connectivity index (χ2v) is 2.95. The molecule has 74 valence electrons. The molecule has 1 rings (SSSR count). The van der Waals surface area contributed by atoms with Crippen LogP contribution in [0.25, 0.3) is 0 Å². The Hall–Kier alpha value is -0.380. The molecule has 0 bridgehead atoms. The number of nitrogens with two attached hydrogens (primary N) is 1. The Morgan fingerprint density at radius 2 is 1.92 bits per heavy atom. The van der Waals surface area contributed by atoms with Gasteiger partial charge in [-0.1, -0.05) is 11.6 Å². The quantitative estimate of drug-likeness (QED) is 0.734. The molecule has 0 aliphatic carbocycles. The monoisotopic (exact) mass is 227 g/mol. The normalized spacial score (nSPS) is 12.1. The predicted octanol–water partition coefficient (Wildman–Crippen LogP) is 3.06. The molecular formula is C8H9Cl2F2N. The summed E-state index contributed by atoms with van der Waals surface area (Å²) in [6, 6.07) is 1.58. The summed E-state index contributed by atoms with van der Waals surface area (Å²) in [4.78, 5) is 0. The van der Waals surface area contributed by atoms with Crippen molar-refractivity contribution in [2.75, 3.05) is 0 Å². The van der Waals surface area contributed by atoms with Crippen LogP contribution in [0.5, 0.6) is 0 Å². The minimum absolute atomic E-state index is 0. The van der Waals surface area contributed by atoms with Crippen LogP contribution in [0, 0.1) is 11.6 Å². The number of hydrogen-bond acceptors (Lipinski definition) is 1. The number of rotatable bonds is 1. The van der Waals surface area contributed by atoms with Gasteiger partial charge in [-0.15, -0.1) is 12.4 Å². The molecule has 0 aliphatic rings. The molecule has 0 aromatic heterocycles. The van der Waals surface area contributed by atoms with Crippen molar-refractivity contribution >= 4 is 24.0 Å². The van der Waals surface area contributed by atoms with E-state index in [1.807, 2.05) is 0 Å². The highest BCUT2D eigenvalue weighted by Crippen LogP contribution is 2.24. The molecule has 0 heterocycles. The average molecular weight is 228 g/mol. The van der Waals surface area contributed by atoms with Crippen molar-refractivity contribution in [1.29, 1.82) is 0 Å². The van der Waals surface area contributed by atoms with Crippen LogP contribution >= 0.6 is 24.0 Å². The van der Waals surface area contributed by atoms with Crippen molar-refractivity contribution < 1.29 is 8.78 Å². The summed E-state index contributed by atoms with van der Waals surface area (Å²) in [5, 5.41) is -0.108. The van der Waals surface area contributed by atoms with Crippen LogP contribution in [-0.4, -0.2) is 0 Å². The fraction of sp³-hybridized carbons (Fsp3) is 0.250. The van der Waals surface area contributed by atoms with Gasteiger partial charge in [-0.3, -0.25) is 0 Å². The van der Waals surface area contributed by atoms with E-state index in [0.717, 1.165) is 12.1 Å². The standard InChI is InChI=1S/C8H8ClF2N.ClH/c1-4(12)7-6(10)3-2-5(9)8(7)11;/h2-4H,12H2,1H3;1H. The smallest absolute Gasteiger partial charge is 0.149 e. The van der Waals surface area contributed by atoms with E-state index in [1.165, 1.54) is 6.92 Å². The van der Waals surface area contributed by atoms with E-state index < -0.39 is 17.7 Å². The van der Waals surface area contributed by atoms with Crippen LogP contribution in [0.3, 0.4) is 0 Å². The molecule has 0 spiro atoms. The van der Waals surface area contributed by atoms with Gasteiger partial charge in [0.25, 0.3) is 0 Å². The number of halogens is 4. The lowest BCUT2D eigenvalue weighted by Crippen LogP contribution is -2.10. The van der Waals surface area contributed by atoms with Crippen molar-refractivity contribution in [3.63, 3.8) is 0 Å². The van der Waals surface area contributed by atoms with E-state index in [1.54, 1.807) is 0 Å². The third kappa shape index (κ3) is 2.53. The van der Waals surface area contributed by atoms with Crippen LogP contribution in [0.15, 0.2) is 12.1 Å². The van der Waals surface area contributed by atoms with E-state index in [9.17, 15) is 8.78 Å². The summed E-state index contributed by atoms with van der Waals surface area (Å²) in [7, 11) is 0. The van der Waals surface area contributed by atoms with Gasteiger partial charge in [-0.05, 0) is 19.1 Å². The Morgan fingerprint density at radius 1 is 1.38 bits per heavy atom. The van der Waals surface area contributed by atoms with Gasteiger partial charge in [-0.2, -0.15) is 0 Å². The van der Waals surface area contributed by atoms with E-state index in [4.69, 9.17) is 17.3 Å². The second-order valence-electron chi connectivity index (χ2n) is 2.55. The first kappa shape index (κ1) is 12.6. The third-order valence-corrected chi connectivity index (χ3v) is 1.83. The Balaban J connectivity index is 0.00000144. The summed E-state index contributed by atoms with van der Waals surface area (Å²) in [6.45, 7) is 1.50. The zero-order chi connectivity index (χ0) is 9.30. The molecule has 13 heavy (non-hydrogen) atoms. The molecule has 0 amide bonds. The van der Waals surface area contributed by atoms with Gasteiger partial charge >= 0.3 is 0 Å². The molecule has 0 saturated heterocycles. The molecule has 1 aromatic carbocycles. The Morgan fingerprint density at radius 3 is 2.31 bits per heavy atom. The zero-order valence-electron chi connectivity index (χ0n) is 6.85. The summed E-state index contributed by atoms with van der Waals surface area (Å²) in [5.41, 5.74) is 5.18. The Labute approximate surface area is 86.3 Å². The van der Waals surface area contributed by atoms with Crippen molar-refractivity contribution in [2.24, 2.45) is 5.73 Å². The molecule has 0 aliphatic heterocycles. The fourth-order valence-electron chi connectivity index (χ4n) is 0.960. The first-order valence-corrected chi connectivity index (χ1v) is 3.80. The highest BCUT2D eigenvalue weighted by atomic mass is 35.5. The van der Waals surface area contributed by atoms with E-state index in [-0.39, 0.29) is 23.0 Å². The topological polar surface area (TPSA) is 26.0 Å². The van der Waals surface area contributed by atoms with Crippen molar-refractivity contribution in [3.8, 4) is 0 Å². The van der Waals surface area contributed by atoms with Crippen molar-refractivity contribution in [3.05, 3.63) is 34.4 Å². The molecule has 2 N–H and O–H groups in total. The van der Waals surface area contributed by atoms with Gasteiger partial charge in [0, 0.05) is 11.6 Å². The minimum Gasteiger partial charge on any atom is -0.324 e. The van der Waals surface area contributed by atoms with Crippen LogP contribution in [0.4, 0.5) is 8.78 Å². The molecule has 0 radical (unpaired) electrons. The summed E-state index contributed by atoms with van der Waals surface area (Å²) in [6.07, 6.45) is 0. The maximum atomic E-state index is 13.1. The fourth-order valence-corrected chi connectivity index (χ4v) is 1.12. The van der Waals surface area contributed by atoms with E-state index >= 15 is 0 Å². The van der Waals surface area contributed by atoms with Gasteiger partial charge in [0.2, 0.25) is 0 Å². The summed E-state index contributed by atoms with van der Waals surface area (Å²) in [5.74, 6) is -1.43. The van der Waals surface area contributed by atoms with Crippen molar-refractivity contribution in [1.82, 2.24) is 0 Å². The predicted molar refractivity (Wildman–Crippen MR) is 51.2 cm³/mol. The Bertz CT molecular complexity index is 302. The average Bonchev–Trinajstić information content (AvgIpc) is 1.97. The molecule has 1 nitrogen and oxygen atoms in total. The molecule has 1 aromatic rings. The van der Waals surface area contributed by atoms with Gasteiger partial charge in [0.15, 0.2) is 0 Å². The van der Waals surface area contributed by atoms with Gasteiger partial charge in [-0.25, -0.2) is 8.78 Å². The van der Waals surface area contributed by atoms with Gasteiger partial charge in [0.05, 0.1) is 5.02 Å². The SMILES string of the molecule is CC(N)c1c(F)ccc(Cl)c1F.Cl. The molecule has 1 atom stereocenters. The molecule has 0 fully saturated rings. The first-order chi connectivity index (χ1) is 5.54. The largest absolute Gasteiger partial charge is 0.324 e. The maximum absolute atomic E-state index is 13.1. The van der Waals surface area contributed by atoms with Crippen molar-refractivity contribution in [2.45, 2.75) is 13.0 Å². The lowest BCUT2D eigenvalue weighted by molar-refractivity contribution is 0.537. The summed E-state index contributed by atoms with van der Waals surface area (Å²) < 4.78 is 26.0. The van der Waals surface area contributed by atoms with Crippen LogP contribution in [0.2, 0.25) is 5.02 Å². The zero-order valence-corrected chi connectivity index (χ0v) is 8.42. The highest BCUT2D eigenvalue weighted by Gasteiger charge is 2.15. The van der Waals surface area contributed by atoms with Gasteiger partial charge < -0.3 is 5.73 Å². The maximum Gasteiger partial charge on any atom is 0.149 e. The molecule has 0 saturated carbocycles. The van der Waals surface area contributed by atoms with E-state index in [0.29, 0.717) is 0 Å². The van der Waals surface area contributed by atoms with E-state index in [2.05, 4.69) is 0 Å². The molecule has 5 heteroatoms. The van der Waals surface area contributed by atoms with Crippen LogP contribution < -0.4 is 5.73 Å². The van der Waals surface area contributed by atoms with Crippen LogP contribution in [-0.2, 0) is 0 Å². The lowest BCUT2D eigenvalue weighted by Gasteiger charge is -2.08. The lowest BCUT2D eigenvalue weighted by atomic mass is 10.1. The molecular weight excluding hydrogens is 219 g/mol. The van der Waals surface area contributed by atoms with Gasteiger partial charge in [0.1, 0.15) is 11.6 Å². The first-order valence-electron chi connectivity index (χ1n) is 3.43. The third-order valence-electron chi connectivity index (χ3n) is 1.53. The highest BCUT2D eigenvalue weighted by molar-refractivity contribution is 6.30. The number of hydrogen-bond donors (Lipinski definition) is 1. The minimum atomic E-state index is -0.772. The second kappa shape index (κ2) is 4.74. The van der Waals surface area contributed by atoms with Crippen LogP contribution in [0.1, 0.15) is 18.5 Å². The molecule has 1 unspecified atom stereocenters. The number of benzene rings is 1.